The Balaban J connectivity index is 3.93. The van der Waals surface area contributed by atoms with E-state index in [9.17, 15) is 0 Å². The fourth-order valence-corrected chi connectivity index (χ4v) is 2.10. The molecule has 15 heavy (non-hydrogen) atoms. The van der Waals surface area contributed by atoms with E-state index in [4.69, 9.17) is 4.74 Å². The molecule has 0 fully saturated rings. The van der Waals surface area contributed by atoms with E-state index in [2.05, 4.69) is 33.1 Å². The molecular weight excluding hydrogens is 186 g/mol. The average molecular weight is 215 g/mol. The Morgan fingerprint density at radius 3 is 2.00 bits per heavy atom. The highest BCUT2D eigenvalue weighted by Crippen LogP contribution is 2.18. The van der Waals surface area contributed by atoms with Gasteiger partial charge in [0.2, 0.25) is 0 Å². The quantitative estimate of drug-likeness (QED) is 0.565. The molecule has 1 unspecified atom stereocenters. The van der Waals surface area contributed by atoms with Gasteiger partial charge in [-0.1, -0.05) is 33.6 Å². The minimum atomic E-state index is 0.538. The van der Waals surface area contributed by atoms with Gasteiger partial charge < -0.3 is 10.1 Å². The molecule has 0 radical (unpaired) electrons. The summed E-state index contributed by atoms with van der Waals surface area (Å²) in [6, 6.07) is 0.538. The van der Waals surface area contributed by atoms with E-state index >= 15 is 0 Å². The van der Waals surface area contributed by atoms with Crippen LogP contribution in [0.2, 0.25) is 0 Å². The van der Waals surface area contributed by atoms with Gasteiger partial charge in [-0.2, -0.15) is 0 Å². The Morgan fingerprint density at radius 2 is 1.60 bits per heavy atom. The van der Waals surface area contributed by atoms with Crippen LogP contribution in [0.25, 0.3) is 0 Å². The predicted octanol–water partition coefficient (Wildman–Crippen LogP) is 3.22. The van der Waals surface area contributed by atoms with Crippen molar-refractivity contribution >= 4 is 0 Å². The molecule has 0 aromatic rings. The summed E-state index contributed by atoms with van der Waals surface area (Å²) < 4.78 is 5.65. The van der Waals surface area contributed by atoms with Gasteiger partial charge >= 0.3 is 0 Å². The normalized spacial score (nSPS) is 13.4. The molecule has 92 valence electrons. The van der Waals surface area contributed by atoms with E-state index < -0.39 is 0 Å². The first kappa shape index (κ1) is 14.9. The zero-order valence-corrected chi connectivity index (χ0v) is 11.0. The number of nitrogens with one attached hydrogen (secondary N) is 1. The molecule has 1 N–H and O–H groups in total. The third-order valence-corrected chi connectivity index (χ3v) is 2.90. The number of rotatable bonds is 10. The lowest BCUT2D eigenvalue weighted by Gasteiger charge is -2.26. The first-order valence-corrected chi connectivity index (χ1v) is 6.55. The van der Waals surface area contributed by atoms with Gasteiger partial charge in [0.25, 0.3) is 0 Å². The monoisotopic (exact) mass is 215 g/mol. The van der Waals surface area contributed by atoms with Gasteiger partial charge in [-0.25, -0.2) is 0 Å². The molecule has 0 heterocycles. The van der Waals surface area contributed by atoms with Crippen LogP contribution in [0.15, 0.2) is 0 Å². The van der Waals surface area contributed by atoms with Gasteiger partial charge in [0, 0.05) is 12.6 Å². The van der Waals surface area contributed by atoms with Gasteiger partial charge in [0.1, 0.15) is 0 Å². The maximum absolute atomic E-state index is 5.65. The third-order valence-electron chi connectivity index (χ3n) is 2.90. The van der Waals surface area contributed by atoms with E-state index in [1.807, 2.05) is 0 Å². The Kier molecular flexibility index (Phi) is 10.4. The van der Waals surface area contributed by atoms with Crippen LogP contribution in [0.5, 0.6) is 0 Å². The molecule has 0 spiro atoms. The second-order valence-electron chi connectivity index (χ2n) is 4.31. The van der Waals surface area contributed by atoms with Crippen LogP contribution in [0.1, 0.15) is 52.9 Å². The molecule has 0 aliphatic rings. The van der Waals surface area contributed by atoms with Crippen LogP contribution in [0.3, 0.4) is 0 Å². The predicted molar refractivity (Wildman–Crippen MR) is 67.3 cm³/mol. The number of ether oxygens (including phenoxy) is 1. The second kappa shape index (κ2) is 10.4. The smallest absolute Gasteiger partial charge is 0.0622 e. The summed E-state index contributed by atoms with van der Waals surface area (Å²) in [4.78, 5) is 0. The van der Waals surface area contributed by atoms with Crippen molar-refractivity contribution in [3.05, 3.63) is 0 Å². The Bertz CT molecular complexity index is 122. The fraction of sp³-hybridized carbons (Fsp3) is 1.00. The van der Waals surface area contributed by atoms with E-state index in [0.29, 0.717) is 6.04 Å². The first-order chi connectivity index (χ1) is 7.29. The first-order valence-electron chi connectivity index (χ1n) is 6.55. The van der Waals surface area contributed by atoms with Crippen LogP contribution in [0.4, 0.5) is 0 Å². The highest BCUT2D eigenvalue weighted by atomic mass is 16.5. The van der Waals surface area contributed by atoms with E-state index in [-0.39, 0.29) is 0 Å². The molecule has 0 aliphatic carbocycles. The highest BCUT2D eigenvalue weighted by molar-refractivity contribution is 4.74. The molecule has 0 aromatic carbocycles. The standard InChI is InChI=1S/C13H29NO/c1-5-8-12(9-6-2)13(14-4)11-15-10-7-3/h12-14H,5-11H2,1-4H3. The van der Waals surface area contributed by atoms with Crippen LogP contribution in [-0.2, 0) is 4.74 Å². The van der Waals surface area contributed by atoms with Crippen LogP contribution >= 0.6 is 0 Å². The van der Waals surface area contributed by atoms with E-state index in [1.54, 1.807) is 0 Å². The van der Waals surface area contributed by atoms with Gasteiger partial charge in [-0.15, -0.1) is 0 Å². The lowest BCUT2D eigenvalue weighted by Crippen LogP contribution is -2.38. The molecule has 2 heteroatoms. The van der Waals surface area contributed by atoms with Crippen LogP contribution < -0.4 is 5.32 Å². The molecular formula is C13H29NO. The molecule has 0 aromatic heterocycles. The molecule has 0 amide bonds. The zero-order chi connectivity index (χ0) is 11.5. The number of hydrogen-bond acceptors (Lipinski definition) is 2. The summed E-state index contributed by atoms with van der Waals surface area (Å²) in [5.41, 5.74) is 0. The summed E-state index contributed by atoms with van der Waals surface area (Å²) in [7, 11) is 2.05. The number of hydrogen-bond donors (Lipinski definition) is 1. The summed E-state index contributed by atoms with van der Waals surface area (Å²) in [5, 5.41) is 3.41. The van der Waals surface area contributed by atoms with Crippen LogP contribution in [-0.4, -0.2) is 26.3 Å². The van der Waals surface area contributed by atoms with E-state index in [1.165, 1.54) is 25.7 Å². The average Bonchev–Trinajstić information content (AvgIpc) is 2.24. The lowest BCUT2D eigenvalue weighted by molar-refractivity contribution is 0.0918. The molecule has 2 nitrogen and oxygen atoms in total. The highest BCUT2D eigenvalue weighted by Gasteiger charge is 2.18. The van der Waals surface area contributed by atoms with Gasteiger partial charge in [-0.05, 0) is 32.2 Å². The topological polar surface area (TPSA) is 21.3 Å². The van der Waals surface area contributed by atoms with E-state index in [0.717, 1.165) is 25.6 Å². The Hall–Kier alpha value is -0.0800. The van der Waals surface area contributed by atoms with Gasteiger partial charge in [0.05, 0.1) is 6.61 Å². The fourth-order valence-electron chi connectivity index (χ4n) is 2.10. The summed E-state index contributed by atoms with van der Waals surface area (Å²) in [5.74, 6) is 0.779. The molecule has 0 saturated carbocycles. The van der Waals surface area contributed by atoms with Gasteiger partial charge in [0.15, 0.2) is 0 Å². The van der Waals surface area contributed by atoms with Crippen LogP contribution in [0, 0.1) is 5.92 Å². The lowest BCUT2D eigenvalue weighted by atomic mass is 9.91. The van der Waals surface area contributed by atoms with Crippen molar-refractivity contribution in [2.45, 2.75) is 58.9 Å². The van der Waals surface area contributed by atoms with Crippen molar-refractivity contribution in [2.24, 2.45) is 5.92 Å². The van der Waals surface area contributed by atoms with Crippen molar-refractivity contribution in [3.63, 3.8) is 0 Å². The molecule has 1 atom stereocenters. The second-order valence-corrected chi connectivity index (χ2v) is 4.31. The van der Waals surface area contributed by atoms with Crippen molar-refractivity contribution < 1.29 is 4.74 Å². The van der Waals surface area contributed by atoms with Crippen molar-refractivity contribution in [3.8, 4) is 0 Å². The Labute approximate surface area is 95.8 Å². The zero-order valence-electron chi connectivity index (χ0n) is 11.0. The van der Waals surface area contributed by atoms with Crippen molar-refractivity contribution in [2.75, 3.05) is 20.3 Å². The van der Waals surface area contributed by atoms with Crippen molar-refractivity contribution in [1.29, 1.82) is 0 Å². The summed E-state index contributed by atoms with van der Waals surface area (Å²) in [6.45, 7) is 8.45. The SMILES string of the molecule is CCCOCC(NC)C(CCC)CCC. The summed E-state index contributed by atoms with van der Waals surface area (Å²) >= 11 is 0. The minimum Gasteiger partial charge on any atom is -0.380 e. The molecule has 0 aliphatic heterocycles. The number of likely N-dealkylation sites (N-methyl/N-ethyl adjacent to an activating group) is 1. The maximum atomic E-state index is 5.65. The third kappa shape index (κ3) is 6.91. The molecule has 0 bridgehead atoms. The minimum absolute atomic E-state index is 0.538. The van der Waals surface area contributed by atoms with Gasteiger partial charge in [-0.3, -0.25) is 0 Å². The molecule has 0 rings (SSSR count). The summed E-state index contributed by atoms with van der Waals surface area (Å²) in [6.07, 6.45) is 6.29. The van der Waals surface area contributed by atoms with Crippen molar-refractivity contribution in [1.82, 2.24) is 5.32 Å². The Morgan fingerprint density at radius 1 is 1.00 bits per heavy atom. The molecule has 0 saturated heterocycles. The largest absolute Gasteiger partial charge is 0.380 e. The maximum Gasteiger partial charge on any atom is 0.0622 e.